The fraction of sp³-hybridized carbons (Fsp3) is 0.278. The molecular formula is C18H21N5O2. The molecule has 1 saturated heterocycles. The summed E-state index contributed by atoms with van der Waals surface area (Å²) in [5, 5.41) is 5.95. The molecule has 7 nitrogen and oxygen atoms in total. The minimum Gasteiger partial charge on any atom is -0.378 e. The Kier molecular flexibility index (Phi) is 5.58. The van der Waals surface area contributed by atoms with Crippen LogP contribution in [0.4, 0.5) is 17.2 Å². The van der Waals surface area contributed by atoms with Gasteiger partial charge in [-0.2, -0.15) is 0 Å². The molecule has 0 saturated carbocycles. The van der Waals surface area contributed by atoms with Gasteiger partial charge in [-0.3, -0.25) is 4.79 Å². The van der Waals surface area contributed by atoms with E-state index in [0.717, 1.165) is 37.7 Å². The van der Waals surface area contributed by atoms with Gasteiger partial charge in [0.25, 0.3) is 5.91 Å². The van der Waals surface area contributed by atoms with E-state index in [2.05, 4.69) is 38.1 Å². The molecule has 1 aliphatic heterocycles. The number of ether oxygens (including phenoxy) is 1. The third kappa shape index (κ3) is 4.33. The lowest BCUT2D eigenvalue weighted by Gasteiger charge is -2.30. The average molecular weight is 339 g/mol. The van der Waals surface area contributed by atoms with Gasteiger partial charge < -0.3 is 20.3 Å². The number of morpholine rings is 1. The molecule has 0 unspecified atom stereocenters. The zero-order valence-corrected chi connectivity index (χ0v) is 13.9. The van der Waals surface area contributed by atoms with Crippen molar-refractivity contribution in [2.45, 2.75) is 0 Å². The average Bonchev–Trinajstić information content (AvgIpc) is 2.68. The van der Waals surface area contributed by atoms with Gasteiger partial charge in [-0.05, 0) is 12.1 Å². The predicted molar refractivity (Wildman–Crippen MR) is 97.3 cm³/mol. The molecule has 1 aliphatic rings. The Hall–Kier alpha value is -2.93. The summed E-state index contributed by atoms with van der Waals surface area (Å²) < 4.78 is 5.41. The van der Waals surface area contributed by atoms with Crippen LogP contribution < -0.4 is 15.5 Å². The third-order valence-corrected chi connectivity index (χ3v) is 3.81. The van der Waals surface area contributed by atoms with Gasteiger partial charge in [0.15, 0.2) is 0 Å². The number of rotatable bonds is 6. The van der Waals surface area contributed by atoms with Crippen molar-refractivity contribution in [1.82, 2.24) is 15.3 Å². The van der Waals surface area contributed by atoms with Crippen LogP contribution in [-0.2, 0) is 4.74 Å². The molecule has 1 aromatic carbocycles. The van der Waals surface area contributed by atoms with Gasteiger partial charge in [0, 0.05) is 19.6 Å². The van der Waals surface area contributed by atoms with Crippen molar-refractivity contribution in [2.24, 2.45) is 0 Å². The molecule has 7 heteroatoms. The quantitative estimate of drug-likeness (QED) is 0.784. The topological polar surface area (TPSA) is 79.4 Å². The van der Waals surface area contributed by atoms with Gasteiger partial charge in [0.05, 0.1) is 37.0 Å². The maximum Gasteiger partial charge on any atom is 0.271 e. The Morgan fingerprint density at radius 2 is 2.04 bits per heavy atom. The summed E-state index contributed by atoms with van der Waals surface area (Å²) in [6, 6.07) is 8.04. The van der Waals surface area contributed by atoms with Crippen LogP contribution in [0.15, 0.2) is 49.3 Å². The Bertz CT molecular complexity index is 727. The highest BCUT2D eigenvalue weighted by atomic mass is 16.5. The van der Waals surface area contributed by atoms with Gasteiger partial charge in [0.1, 0.15) is 11.5 Å². The van der Waals surface area contributed by atoms with Gasteiger partial charge in [-0.1, -0.05) is 18.2 Å². The van der Waals surface area contributed by atoms with E-state index in [0.29, 0.717) is 12.4 Å². The van der Waals surface area contributed by atoms with Crippen molar-refractivity contribution in [3.05, 3.63) is 55.0 Å². The molecule has 0 bridgehead atoms. The number of para-hydroxylation sites is 2. The van der Waals surface area contributed by atoms with Crippen molar-refractivity contribution < 1.29 is 9.53 Å². The first-order valence-electron chi connectivity index (χ1n) is 8.18. The van der Waals surface area contributed by atoms with Crippen LogP contribution in [0.5, 0.6) is 0 Å². The van der Waals surface area contributed by atoms with E-state index in [-0.39, 0.29) is 11.6 Å². The molecule has 1 aromatic heterocycles. The highest BCUT2D eigenvalue weighted by Crippen LogP contribution is 2.28. The van der Waals surface area contributed by atoms with Crippen LogP contribution >= 0.6 is 0 Å². The summed E-state index contributed by atoms with van der Waals surface area (Å²) >= 11 is 0. The number of benzene rings is 1. The molecule has 0 radical (unpaired) electrons. The molecule has 1 fully saturated rings. The van der Waals surface area contributed by atoms with E-state index in [1.165, 1.54) is 6.20 Å². The number of anilines is 3. The Balaban J connectivity index is 1.72. The van der Waals surface area contributed by atoms with Gasteiger partial charge in [-0.25, -0.2) is 9.97 Å². The van der Waals surface area contributed by atoms with Crippen LogP contribution in [0.1, 0.15) is 10.5 Å². The first-order chi connectivity index (χ1) is 12.3. The summed E-state index contributed by atoms with van der Waals surface area (Å²) in [7, 11) is 0. The van der Waals surface area contributed by atoms with Crippen LogP contribution in [0.3, 0.4) is 0 Å². The van der Waals surface area contributed by atoms with Crippen molar-refractivity contribution in [1.29, 1.82) is 0 Å². The van der Waals surface area contributed by atoms with Crippen molar-refractivity contribution >= 4 is 23.1 Å². The minimum atomic E-state index is -0.271. The molecule has 0 spiro atoms. The van der Waals surface area contributed by atoms with Gasteiger partial charge in [0.2, 0.25) is 0 Å². The number of amides is 1. The second kappa shape index (κ2) is 8.25. The molecule has 2 aromatic rings. The summed E-state index contributed by atoms with van der Waals surface area (Å²) in [4.78, 5) is 22.6. The van der Waals surface area contributed by atoms with E-state index in [9.17, 15) is 4.79 Å². The van der Waals surface area contributed by atoms with E-state index in [1.807, 2.05) is 18.2 Å². The lowest BCUT2D eigenvalue weighted by molar-refractivity contribution is 0.0952. The van der Waals surface area contributed by atoms with Gasteiger partial charge >= 0.3 is 0 Å². The SMILES string of the molecule is C=CCNC(=O)c1cnc(Nc2ccccc2N2CCOCC2)cn1. The monoisotopic (exact) mass is 339 g/mol. The normalized spacial score (nSPS) is 14.0. The van der Waals surface area contributed by atoms with E-state index < -0.39 is 0 Å². The summed E-state index contributed by atoms with van der Waals surface area (Å²) in [6.45, 7) is 7.12. The highest BCUT2D eigenvalue weighted by molar-refractivity contribution is 5.92. The number of nitrogens with zero attached hydrogens (tertiary/aromatic N) is 3. The van der Waals surface area contributed by atoms with Crippen molar-refractivity contribution in [2.75, 3.05) is 43.1 Å². The fourth-order valence-electron chi connectivity index (χ4n) is 2.56. The highest BCUT2D eigenvalue weighted by Gasteiger charge is 2.15. The largest absolute Gasteiger partial charge is 0.378 e. The molecule has 2 heterocycles. The number of aromatic nitrogens is 2. The summed E-state index contributed by atoms with van der Waals surface area (Å²) in [5.74, 6) is 0.314. The second-order valence-electron chi connectivity index (χ2n) is 5.53. The molecule has 0 aliphatic carbocycles. The molecule has 0 atom stereocenters. The number of hydrogen-bond acceptors (Lipinski definition) is 6. The zero-order valence-electron chi connectivity index (χ0n) is 13.9. The lowest BCUT2D eigenvalue weighted by atomic mass is 10.2. The van der Waals surface area contributed by atoms with Crippen molar-refractivity contribution in [3.8, 4) is 0 Å². The second-order valence-corrected chi connectivity index (χ2v) is 5.53. The molecule has 1 amide bonds. The lowest BCUT2D eigenvalue weighted by Crippen LogP contribution is -2.36. The minimum absolute atomic E-state index is 0.271. The first-order valence-corrected chi connectivity index (χ1v) is 8.18. The Labute approximate surface area is 146 Å². The zero-order chi connectivity index (χ0) is 17.5. The third-order valence-electron chi connectivity index (χ3n) is 3.81. The standard InChI is InChI=1S/C18H21N5O2/c1-2-7-19-18(24)15-12-21-17(13-20-15)22-14-5-3-4-6-16(14)23-8-10-25-11-9-23/h2-6,12-13H,1,7-11H2,(H,19,24)(H,21,22). The number of carbonyl (C=O) groups excluding carboxylic acids is 1. The van der Waals surface area contributed by atoms with Crippen molar-refractivity contribution in [3.63, 3.8) is 0 Å². The van der Waals surface area contributed by atoms with Crippen LogP contribution in [0, 0.1) is 0 Å². The number of carbonyl (C=O) groups is 1. The van der Waals surface area contributed by atoms with E-state index in [4.69, 9.17) is 4.74 Å². The van der Waals surface area contributed by atoms with Crippen LogP contribution in [0.25, 0.3) is 0 Å². The Morgan fingerprint density at radius 1 is 1.24 bits per heavy atom. The molecular weight excluding hydrogens is 318 g/mol. The molecule has 2 N–H and O–H groups in total. The molecule has 130 valence electrons. The smallest absolute Gasteiger partial charge is 0.271 e. The fourth-order valence-corrected chi connectivity index (χ4v) is 2.56. The number of hydrogen-bond donors (Lipinski definition) is 2. The maximum absolute atomic E-state index is 11.8. The van der Waals surface area contributed by atoms with E-state index >= 15 is 0 Å². The van der Waals surface area contributed by atoms with Crippen LogP contribution in [0.2, 0.25) is 0 Å². The first kappa shape index (κ1) is 16.9. The molecule has 25 heavy (non-hydrogen) atoms. The maximum atomic E-state index is 11.8. The molecule has 3 rings (SSSR count). The number of nitrogens with one attached hydrogen (secondary N) is 2. The summed E-state index contributed by atoms with van der Waals surface area (Å²) in [5.41, 5.74) is 2.32. The van der Waals surface area contributed by atoms with Gasteiger partial charge in [-0.15, -0.1) is 6.58 Å². The predicted octanol–water partition coefficient (Wildman–Crippen LogP) is 1.97. The summed E-state index contributed by atoms with van der Waals surface area (Å²) in [6.07, 6.45) is 4.63. The Morgan fingerprint density at radius 3 is 2.76 bits per heavy atom. The van der Waals surface area contributed by atoms with E-state index in [1.54, 1.807) is 12.3 Å². The van der Waals surface area contributed by atoms with Crippen LogP contribution in [-0.4, -0.2) is 48.7 Å².